The summed E-state index contributed by atoms with van der Waals surface area (Å²) in [7, 11) is 0. The van der Waals surface area contributed by atoms with E-state index in [1.165, 1.54) is 120 Å². The van der Waals surface area contributed by atoms with Crippen molar-refractivity contribution < 1.29 is 0 Å². The molecule has 0 unspecified atom stereocenters. The molecule has 0 heterocycles. The van der Waals surface area contributed by atoms with Crippen LogP contribution >= 0.6 is 0 Å². The third kappa shape index (κ3) is 4.42. The Morgan fingerprint density at radius 3 is 1.39 bits per heavy atom. The Morgan fingerprint density at radius 1 is 0.196 bits per heavy atom. The maximum atomic E-state index is 2.42. The van der Waals surface area contributed by atoms with Crippen LogP contribution < -0.4 is 0 Å². The average molecular weight is 707 g/mol. The summed E-state index contributed by atoms with van der Waals surface area (Å²) in [6.07, 6.45) is 0. The lowest BCUT2D eigenvalue weighted by molar-refractivity contribution is 1.62. The number of fused-ring (bicyclic) bond motifs is 7. The molecule has 0 aliphatic rings. The van der Waals surface area contributed by atoms with Gasteiger partial charge in [-0.15, -0.1) is 0 Å². The largest absolute Gasteiger partial charge is 0.0622 e. The Hall–Kier alpha value is -7.28. The molecule has 0 aliphatic heterocycles. The first-order chi connectivity index (χ1) is 27.8. The predicted octanol–water partition coefficient (Wildman–Crippen LogP) is 15.9. The van der Waals surface area contributed by atoms with Gasteiger partial charge in [-0.3, -0.25) is 0 Å². The van der Waals surface area contributed by atoms with Crippen molar-refractivity contribution in [2.75, 3.05) is 0 Å². The summed E-state index contributed by atoms with van der Waals surface area (Å²) in [5.74, 6) is 0. The van der Waals surface area contributed by atoms with Crippen molar-refractivity contribution in [1.29, 1.82) is 0 Å². The molecular weight excluding hydrogens is 673 g/mol. The highest BCUT2D eigenvalue weighted by molar-refractivity contribution is 6.44. The third-order valence-electron chi connectivity index (χ3n) is 12.2. The molecule has 12 aromatic carbocycles. The van der Waals surface area contributed by atoms with Gasteiger partial charge in [-0.2, -0.15) is 0 Å². The van der Waals surface area contributed by atoms with Crippen LogP contribution in [0, 0.1) is 0 Å². The van der Waals surface area contributed by atoms with E-state index in [1.807, 2.05) is 0 Å². The summed E-state index contributed by atoms with van der Waals surface area (Å²) in [4.78, 5) is 0. The highest BCUT2D eigenvalue weighted by Gasteiger charge is 2.24. The van der Waals surface area contributed by atoms with Crippen molar-refractivity contribution in [3.63, 3.8) is 0 Å². The van der Waals surface area contributed by atoms with Crippen LogP contribution in [-0.4, -0.2) is 0 Å². The number of rotatable bonds is 4. The van der Waals surface area contributed by atoms with Gasteiger partial charge in [0.25, 0.3) is 0 Å². The molecule has 0 bridgehead atoms. The highest BCUT2D eigenvalue weighted by Crippen LogP contribution is 2.52. The first-order valence-corrected chi connectivity index (χ1v) is 19.5. The van der Waals surface area contributed by atoms with E-state index in [2.05, 4.69) is 206 Å². The lowest BCUT2D eigenvalue weighted by Crippen LogP contribution is -1.95. The molecule has 0 amide bonds. The van der Waals surface area contributed by atoms with Gasteiger partial charge in [-0.05, 0) is 126 Å². The maximum Gasteiger partial charge on any atom is -0.00134 e. The van der Waals surface area contributed by atoms with Crippen molar-refractivity contribution in [2.24, 2.45) is 0 Å². The number of hydrogen-bond donors (Lipinski definition) is 0. The molecule has 0 fully saturated rings. The molecule has 12 rings (SSSR count). The van der Waals surface area contributed by atoms with E-state index in [1.54, 1.807) is 0 Å². The van der Waals surface area contributed by atoms with Crippen LogP contribution in [0.25, 0.3) is 120 Å². The molecular formula is C56H34. The standard InChI is InChI=1S/C56H34/c1-4-16-35(17-5-1)39-26-14-27-43-42(39)31-33-48(51(43)37-20-8-3-9-21-37)52-44-24-12-13-25-45(44)54-49-32-30-40(36-18-6-2-7-19-36)50-34-38-22-10-11-23-41(38)53(56(49)50)47-29-15-28-46(52)55(47)54/h1-34H. The van der Waals surface area contributed by atoms with E-state index in [0.29, 0.717) is 0 Å². The smallest absolute Gasteiger partial charge is 0.00134 e. The van der Waals surface area contributed by atoms with Crippen LogP contribution in [0.15, 0.2) is 206 Å². The van der Waals surface area contributed by atoms with Gasteiger partial charge in [0, 0.05) is 0 Å². The molecule has 0 N–H and O–H groups in total. The molecule has 56 heavy (non-hydrogen) atoms. The minimum absolute atomic E-state index is 1.22. The molecule has 0 atom stereocenters. The lowest BCUT2D eigenvalue weighted by atomic mass is 9.79. The van der Waals surface area contributed by atoms with E-state index < -0.39 is 0 Å². The van der Waals surface area contributed by atoms with Gasteiger partial charge in [0.1, 0.15) is 0 Å². The minimum Gasteiger partial charge on any atom is -0.0622 e. The Kier molecular flexibility index (Phi) is 6.73. The summed E-state index contributed by atoms with van der Waals surface area (Å²) >= 11 is 0. The van der Waals surface area contributed by atoms with E-state index in [9.17, 15) is 0 Å². The number of benzene rings is 12. The van der Waals surface area contributed by atoms with Crippen molar-refractivity contribution in [1.82, 2.24) is 0 Å². The van der Waals surface area contributed by atoms with E-state index in [4.69, 9.17) is 0 Å². The minimum atomic E-state index is 1.22. The Bertz CT molecular complexity index is 3490. The molecule has 0 saturated carbocycles. The van der Waals surface area contributed by atoms with Crippen LogP contribution in [0.4, 0.5) is 0 Å². The van der Waals surface area contributed by atoms with Crippen LogP contribution in [0.5, 0.6) is 0 Å². The van der Waals surface area contributed by atoms with Gasteiger partial charge in [-0.1, -0.05) is 200 Å². The van der Waals surface area contributed by atoms with Crippen LogP contribution in [0.3, 0.4) is 0 Å². The summed E-state index contributed by atoms with van der Waals surface area (Å²) < 4.78 is 0. The second kappa shape index (κ2) is 12.1. The first-order valence-electron chi connectivity index (χ1n) is 19.5. The predicted molar refractivity (Wildman–Crippen MR) is 242 cm³/mol. The fourth-order valence-corrected chi connectivity index (χ4v) is 9.90. The van der Waals surface area contributed by atoms with Crippen LogP contribution in [0.2, 0.25) is 0 Å². The van der Waals surface area contributed by atoms with Crippen molar-refractivity contribution in [2.45, 2.75) is 0 Å². The normalized spacial score (nSPS) is 11.9. The quantitative estimate of drug-likeness (QED) is 0.126. The monoisotopic (exact) mass is 706 g/mol. The van der Waals surface area contributed by atoms with Gasteiger partial charge in [0.2, 0.25) is 0 Å². The van der Waals surface area contributed by atoms with E-state index in [0.717, 1.165) is 0 Å². The van der Waals surface area contributed by atoms with Gasteiger partial charge in [-0.25, -0.2) is 0 Å². The van der Waals surface area contributed by atoms with Gasteiger partial charge >= 0.3 is 0 Å². The Balaban J connectivity index is 1.29. The summed E-state index contributed by atoms with van der Waals surface area (Å²) in [6.45, 7) is 0. The molecule has 0 nitrogen and oxygen atoms in total. The third-order valence-corrected chi connectivity index (χ3v) is 12.2. The molecule has 0 saturated heterocycles. The van der Waals surface area contributed by atoms with Gasteiger partial charge < -0.3 is 0 Å². The zero-order valence-corrected chi connectivity index (χ0v) is 30.6. The van der Waals surface area contributed by atoms with Crippen molar-refractivity contribution in [3.8, 4) is 44.5 Å². The summed E-state index contributed by atoms with van der Waals surface area (Å²) in [5, 5.41) is 18.2. The van der Waals surface area contributed by atoms with Crippen LogP contribution in [-0.2, 0) is 0 Å². The average Bonchev–Trinajstić information content (AvgIpc) is 3.27. The topological polar surface area (TPSA) is 0 Å². The Labute approximate surface area is 324 Å². The van der Waals surface area contributed by atoms with Crippen molar-refractivity contribution in [3.05, 3.63) is 206 Å². The molecule has 0 spiro atoms. The second-order valence-corrected chi connectivity index (χ2v) is 15.1. The summed E-state index contributed by atoms with van der Waals surface area (Å²) in [5.41, 5.74) is 10.0. The zero-order valence-electron chi connectivity index (χ0n) is 30.6. The van der Waals surface area contributed by atoms with Gasteiger partial charge in [0.15, 0.2) is 0 Å². The number of hydrogen-bond acceptors (Lipinski definition) is 0. The van der Waals surface area contributed by atoms with Crippen LogP contribution in [0.1, 0.15) is 0 Å². The lowest BCUT2D eigenvalue weighted by Gasteiger charge is -2.23. The highest BCUT2D eigenvalue weighted by atomic mass is 14.3. The molecule has 0 aliphatic carbocycles. The SMILES string of the molecule is c1ccc(-c2cccc3c(-c4ccccc4)c(-c4c5ccccc5c5c6ccc(-c7ccccc7)c7cc8ccccc8c(c8cccc4c85)c76)ccc23)cc1. The Morgan fingerprint density at radius 2 is 0.643 bits per heavy atom. The molecule has 0 heteroatoms. The van der Waals surface area contributed by atoms with Gasteiger partial charge in [0.05, 0.1) is 0 Å². The fraction of sp³-hybridized carbons (Fsp3) is 0. The first kappa shape index (κ1) is 31.1. The second-order valence-electron chi connectivity index (χ2n) is 15.1. The molecule has 0 radical (unpaired) electrons. The van der Waals surface area contributed by atoms with E-state index in [-0.39, 0.29) is 0 Å². The zero-order chi connectivity index (χ0) is 36.7. The molecule has 12 aromatic rings. The summed E-state index contributed by atoms with van der Waals surface area (Å²) in [6, 6.07) is 76.5. The van der Waals surface area contributed by atoms with Crippen molar-refractivity contribution >= 4 is 75.4 Å². The maximum absolute atomic E-state index is 2.42. The fourth-order valence-electron chi connectivity index (χ4n) is 9.90. The molecule has 0 aromatic heterocycles. The van der Waals surface area contributed by atoms with E-state index >= 15 is 0 Å². The molecule has 258 valence electrons.